The molecule has 3 heterocycles. The minimum atomic E-state index is -0.497. The second kappa shape index (κ2) is 7.43. The van der Waals surface area contributed by atoms with Gasteiger partial charge in [-0.05, 0) is 58.6 Å². The van der Waals surface area contributed by atoms with Crippen LogP contribution >= 0.6 is 23.1 Å². The van der Waals surface area contributed by atoms with Crippen LogP contribution in [-0.4, -0.2) is 45.5 Å². The van der Waals surface area contributed by atoms with Crippen LogP contribution in [0.15, 0.2) is 55.1 Å². The van der Waals surface area contributed by atoms with Crippen molar-refractivity contribution in [2.24, 2.45) is 0 Å². The van der Waals surface area contributed by atoms with Crippen LogP contribution in [0.25, 0.3) is 32.8 Å². The van der Waals surface area contributed by atoms with Crippen molar-refractivity contribution < 1.29 is 14.3 Å². The number of nitrogens with zero attached hydrogens (tertiary/aromatic N) is 3. The summed E-state index contributed by atoms with van der Waals surface area (Å²) in [6, 6.07) is 12.8. The summed E-state index contributed by atoms with van der Waals surface area (Å²) < 4.78 is 20.3. The minimum Gasteiger partial charge on any atom is -0.508 e. The number of likely N-dealkylation sites (tertiary alicyclic amines) is 1. The van der Waals surface area contributed by atoms with Crippen molar-refractivity contribution in [3.05, 3.63) is 66.0 Å². The molecule has 2 atom stereocenters. The molecule has 2 saturated heterocycles. The van der Waals surface area contributed by atoms with Gasteiger partial charge in [0.2, 0.25) is 5.91 Å². The Bertz CT molecular complexity index is 1470. The van der Waals surface area contributed by atoms with Gasteiger partial charge in [0.15, 0.2) is 5.82 Å². The third kappa shape index (κ3) is 2.96. The summed E-state index contributed by atoms with van der Waals surface area (Å²) >= 11 is 7.91. The SMILES string of the molecule is C=CC(=O)N1CC[C@@H]2C1CN2c1snc2c(F)c(-c3cc(O)cc4ccccc34)c(Cl)cc12. The summed E-state index contributed by atoms with van der Waals surface area (Å²) in [4.78, 5) is 16.1. The molecule has 0 aliphatic carbocycles. The molecular weight excluding hydrogens is 461 g/mol. The van der Waals surface area contributed by atoms with E-state index in [0.29, 0.717) is 24.0 Å². The molecule has 2 aliphatic heterocycles. The maximum absolute atomic E-state index is 15.9. The number of rotatable bonds is 3. The van der Waals surface area contributed by atoms with Gasteiger partial charge in [0, 0.05) is 24.0 Å². The lowest BCUT2D eigenvalue weighted by Gasteiger charge is -2.47. The molecule has 0 saturated carbocycles. The van der Waals surface area contributed by atoms with Crippen molar-refractivity contribution >= 4 is 55.7 Å². The standard InChI is InChI=1S/C25H19ClFN3O2S/c1-2-21(32)29-8-7-19-20(29)12-30(19)25-17-11-18(26)22(23(27)24(17)28-33-25)16-10-14(31)9-13-5-3-4-6-15(13)16/h2-6,9-11,19-20,31H,1,7-8,12H2/t19-,20?/m1/s1. The first kappa shape index (κ1) is 20.4. The number of halogens is 2. The minimum absolute atomic E-state index is 0.0460. The summed E-state index contributed by atoms with van der Waals surface area (Å²) in [5, 5.41) is 13.6. The highest BCUT2D eigenvalue weighted by molar-refractivity contribution is 7.12. The summed E-state index contributed by atoms with van der Waals surface area (Å²) in [6.45, 7) is 4.96. The second-order valence-electron chi connectivity index (χ2n) is 8.46. The summed E-state index contributed by atoms with van der Waals surface area (Å²) in [5.41, 5.74) is 1.03. The average Bonchev–Trinajstić information content (AvgIpc) is 3.34. The predicted molar refractivity (Wildman–Crippen MR) is 131 cm³/mol. The van der Waals surface area contributed by atoms with Crippen LogP contribution in [0.1, 0.15) is 6.42 Å². The van der Waals surface area contributed by atoms with Crippen molar-refractivity contribution in [2.75, 3.05) is 18.0 Å². The smallest absolute Gasteiger partial charge is 0.246 e. The van der Waals surface area contributed by atoms with Gasteiger partial charge in [-0.25, -0.2) is 4.39 Å². The Morgan fingerprint density at radius 3 is 2.88 bits per heavy atom. The molecule has 1 aromatic heterocycles. The van der Waals surface area contributed by atoms with Crippen LogP contribution in [0.4, 0.5) is 9.39 Å². The molecule has 2 aliphatic rings. The van der Waals surface area contributed by atoms with Crippen molar-refractivity contribution in [3.63, 3.8) is 0 Å². The number of anilines is 1. The van der Waals surface area contributed by atoms with E-state index in [1.807, 2.05) is 29.2 Å². The van der Waals surface area contributed by atoms with Gasteiger partial charge in [0.05, 0.1) is 17.1 Å². The Morgan fingerprint density at radius 2 is 2.06 bits per heavy atom. The number of phenolic OH excluding ortho intramolecular Hbond substituents is 1. The predicted octanol–water partition coefficient (Wildman–Crippen LogP) is 5.59. The normalized spacial score (nSPS) is 19.7. The van der Waals surface area contributed by atoms with Crippen LogP contribution in [0.2, 0.25) is 5.02 Å². The molecule has 33 heavy (non-hydrogen) atoms. The zero-order valence-electron chi connectivity index (χ0n) is 17.5. The van der Waals surface area contributed by atoms with Crippen molar-refractivity contribution in [1.82, 2.24) is 9.27 Å². The molecule has 1 N–H and O–H groups in total. The first-order chi connectivity index (χ1) is 16.0. The van der Waals surface area contributed by atoms with E-state index in [-0.39, 0.29) is 39.8 Å². The molecule has 166 valence electrons. The lowest BCUT2D eigenvalue weighted by Crippen LogP contribution is -2.62. The van der Waals surface area contributed by atoms with Gasteiger partial charge in [0.1, 0.15) is 16.3 Å². The van der Waals surface area contributed by atoms with Crippen LogP contribution in [0.5, 0.6) is 5.75 Å². The molecule has 0 bridgehead atoms. The molecule has 0 spiro atoms. The maximum Gasteiger partial charge on any atom is 0.246 e. The van der Waals surface area contributed by atoms with Gasteiger partial charge in [0.25, 0.3) is 0 Å². The fraction of sp³-hybridized carbons (Fsp3) is 0.200. The summed E-state index contributed by atoms with van der Waals surface area (Å²) in [7, 11) is 0. The first-order valence-corrected chi connectivity index (χ1v) is 11.8. The van der Waals surface area contributed by atoms with E-state index in [4.69, 9.17) is 11.6 Å². The fourth-order valence-electron chi connectivity index (χ4n) is 5.20. The highest BCUT2D eigenvalue weighted by atomic mass is 35.5. The van der Waals surface area contributed by atoms with Crippen molar-refractivity contribution in [1.29, 1.82) is 0 Å². The number of benzene rings is 3. The van der Waals surface area contributed by atoms with Gasteiger partial charge < -0.3 is 14.9 Å². The van der Waals surface area contributed by atoms with Gasteiger partial charge >= 0.3 is 0 Å². The number of carbonyl (C=O) groups is 1. The number of hydrogen-bond acceptors (Lipinski definition) is 5. The first-order valence-electron chi connectivity index (χ1n) is 10.7. The van der Waals surface area contributed by atoms with E-state index in [0.717, 1.165) is 22.2 Å². The lowest BCUT2D eigenvalue weighted by molar-refractivity contribution is -0.127. The van der Waals surface area contributed by atoms with Crippen LogP contribution in [0.3, 0.4) is 0 Å². The topological polar surface area (TPSA) is 56.7 Å². The monoisotopic (exact) mass is 479 g/mol. The summed E-state index contributed by atoms with van der Waals surface area (Å²) in [5.74, 6) is -0.499. The Balaban J connectivity index is 1.44. The Morgan fingerprint density at radius 1 is 1.24 bits per heavy atom. The molecule has 6 rings (SSSR count). The fourth-order valence-corrected chi connectivity index (χ4v) is 6.42. The maximum atomic E-state index is 15.9. The quantitative estimate of drug-likeness (QED) is 0.389. The zero-order chi connectivity index (χ0) is 22.9. The molecule has 0 radical (unpaired) electrons. The van der Waals surface area contributed by atoms with E-state index < -0.39 is 5.82 Å². The molecule has 8 heteroatoms. The molecule has 1 unspecified atom stereocenters. The number of hydrogen-bond donors (Lipinski definition) is 1. The molecule has 5 nitrogen and oxygen atoms in total. The average molecular weight is 480 g/mol. The van der Waals surface area contributed by atoms with E-state index in [2.05, 4.69) is 15.9 Å². The molecule has 3 aromatic carbocycles. The number of aromatic nitrogens is 1. The number of fused-ring (bicyclic) bond motifs is 3. The van der Waals surface area contributed by atoms with Gasteiger partial charge in [-0.1, -0.05) is 42.4 Å². The zero-order valence-corrected chi connectivity index (χ0v) is 19.0. The van der Waals surface area contributed by atoms with Crippen LogP contribution in [0, 0.1) is 5.82 Å². The Labute approximate surface area is 198 Å². The lowest BCUT2D eigenvalue weighted by atomic mass is 9.95. The highest BCUT2D eigenvalue weighted by Gasteiger charge is 2.49. The van der Waals surface area contributed by atoms with Gasteiger partial charge in [-0.15, -0.1) is 0 Å². The highest BCUT2D eigenvalue weighted by Crippen LogP contribution is 2.46. The largest absolute Gasteiger partial charge is 0.508 e. The number of aromatic hydroxyl groups is 1. The van der Waals surface area contributed by atoms with Crippen LogP contribution in [-0.2, 0) is 4.79 Å². The van der Waals surface area contributed by atoms with E-state index in [9.17, 15) is 9.90 Å². The Kier molecular flexibility index (Phi) is 4.61. The van der Waals surface area contributed by atoms with Crippen molar-refractivity contribution in [2.45, 2.75) is 18.5 Å². The summed E-state index contributed by atoms with van der Waals surface area (Å²) in [6.07, 6.45) is 2.21. The molecule has 1 amide bonds. The molecule has 2 fully saturated rings. The molecular formula is C25H19ClFN3O2S. The number of phenols is 1. The van der Waals surface area contributed by atoms with Gasteiger partial charge in [-0.3, -0.25) is 4.79 Å². The third-order valence-electron chi connectivity index (χ3n) is 6.78. The number of carbonyl (C=O) groups excluding carboxylic acids is 1. The van der Waals surface area contributed by atoms with Gasteiger partial charge in [-0.2, -0.15) is 4.37 Å². The Hall–Kier alpha value is -3.16. The van der Waals surface area contributed by atoms with E-state index in [1.54, 1.807) is 12.1 Å². The second-order valence-corrected chi connectivity index (χ2v) is 9.62. The van der Waals surface area contributed by atoms with Crippen molar-refractivity contribution in [3.8, 4) is 16.9 Å². The van der Waals surface area contributed by atoms with E-state index in [1.165, 1.54) is 23.7 Å². The van der Waals surface area contributed by atoms with Crippen LogP contribution < -0.4 is 4.90 Å². The third-order valence-corrected chi connectivity index (χ3v) is 7.97. The molecule has 4 aromatic rings. The number of amides is 1. The van der Waals surface area contributed by atoms with E-state index >= 15 is 4.39 Å².